The molecule has 1 N–H and O–H groups in total. The lowest BCUT2D eigenvalue weighted by Gasteiger charge is -2.32. The van der Waals surface area contributed by atoms with Gasteiger partial charge in [-0.25, -0.2) is 0 Å². The fourth-order valence-electron chi connectivity index (χ4n) is 2.02. The number of aliphatic hydroxyl groups excluding tert-OH is 1. The van der Waals surface area contributed by atoms with Gasteiger partial charge in [-0.3, -0.25) is 4.90 Å². The maximum absolute atomic E-state index is 10.0. The Labute approximate surface area is 110 Å². The molecule has 0 aromatic heterocycles. The van der Waals surface area contributed by atoms with Crippen molar-refractivity contribution in [3.63, 3.8) is 0 Å². The first-order valence-corrected chi connectivity index (χ1v) is 6.62. The van der Waals surface area contributed by atoms with Gasteiger partial charge in [0, 0.05) is 18.6 Å². The Balaban J connectivity index is 2.39. The topological polar surface area (TPSA) is 32.7 Å². The first-order chi connectivity index (χ1) is 8.50. The quantitative estimate of drug-likeness (QED) is 0.808. The number of ether oxygens (including phenoxy) is 1. The molecule has 0 unspecified atom stereocenters. The van der Waals surface area contributed by atoms with E-state index < -0.39 is 6.10 Å². The zero-order chi connectivity index (χ0) is 13.5. The first-order valence-electron chi connectivity index (χ1n) is 6.62. The van der Waals surface area contributed by atoms with Crippen LogP contribution in [0, 0.1) is 0 Å². The summed E-state index contributed by atoms with van der Waals surface area (Å²) >= 11 is 0. The third-order valence-electron chi connectivity index (χ3n) is 2.93. The van der Waals surface area contributed by atoms with E-state index in [2.05, 4.69) is 32.6 Å². The fourth-order valence-corrected chi connectivity index (χ4v) is 2.02. The zero-order valence-corrected chi connectivity index (χ0v) is 11.8. The highest BCUT2D eigenvalue weighted by molar-refractivity contribution is 5.20. The second-order valence-electron chi connectivity index (χ2n) is 5.16. The summed E-state index contributed by atoms with van der Waals surface area (Å²) in [4.78, 5) is 2.26. The number of rotatable bonds is 7. The number of aliphatic hydroxyl groups is 1. The summed E-state index contributed by atoms with van der Waals surface area (Å²) in [6, 6.07) is 10.5. The van der Waals surface area contributed by atoms with E-state index in [0.717, 1.165) is 5.75 Å². The van der Waals surface area contributed by atoms with E-state index in [1.54, 1.807) is 0 Å². The Morgan fingerprint density at radius 2 is 1.61 bits per heavy atom. The van der Waals surface area contributed by atoms with Crippen LogP contribution < -0.4 is 4.74 Å². The number of benzene rings is 1. The van der Waals surface area contributed by atoms with Gasteiger partial charge in [0.1, 0.15) is 18.5 Å². The van der Waals surface area contributed by atoms with E-state index in [4.69, 9.17) is 4.74 Å². The largest absolute Gasteiger partial charge is 0.491 e. The minimum atomic E-state index is -0.463. The van der Waals surface area contributed by atoms with Gasteiger partial charge in [0.2, 0.25) is 0 Å². The normalized spacial score (nSPS) is 13.3. The molecule has 3 nitrogen and oxygen atoms in total. The molecule has 3 heteroatoms. The molecule has 1 aromatic carbocycles. The maximum atomic E-state index is 10.0. The molecule has 0 aliphatic heterocycles. The van der Waals surface area contributed by atoms with E-state index in [1.165, 1.54) is 0 Å². The van der Waals surface area contributed by atoms with Gasteiger partial charge in [-0.1, -0.05) is 18.2 Å². The van der Waals surface area contributed by atoms with E-state index in [-0.39, 0.29) is 0 Å². The highest BCUT2D eigenvalue weighted by Crippen LogP contribution is 2.10. The van der Waals surface area contributed by atoms with Crippen LogP contribution >= 0.6 is 0 Å². The van der Waals surface area contributed by atoms with Crippen molar-refractivity contribution < 1.29 is 9.84 Å². The second kappa shape index (κ2) is 7.39. The van der Waals surface area contributed by atoms with Crippen LogP contribution in [0.4, 0.5) is 0 Å². The van der Waals surface area contributed by atoms with Crippen molar-refractivity contribution in [3.05, 3.63) is 30.3 Å². The summed E-state index contributed by atoms with van der Waals surface area (Å²) in [5, 5.41) is 10.0. The van der Waals surface area contributed by atoms with Crippen LogP contribution in [0.5, 0.6) is 5.75 Å². The van der Waals surface area contributed by atoms with Gasteiger partial charge in [-0.2, -0.15) is 0 Å². The van der Waals surface area contributed by atoms with Gasteiger partial charge in [-0.15, -0.1) is 0 Å². The van der Waals surface area contributed by atoms with E-state index in [9.17, 15) is 5.11 Å². The summed E-state index contributed by atoms with van der Waals surface area (Å²) in [6.45, 7) is 9.55. The number of para-hydroxylation sites is 1. The summed E-state index contributed by atoms with van der Waals surface area (Å²) in [7, 11) is 0. The number of hydrogen-bond acceptors (Lipinski definition) is 3. The molecule has 0 fully saturated rings. The van der Waals surface area contributed by atoms with Gasteiger partial charge in [0.15, 0.2) is 0 Å². The lowest BCUT2D eigenvalue weighted by Crippen LogP contribution is -2.43. The molecule has 102 valence electrons. The van der Waals surface area contributed by atoms with E-state index >= 15 is 0 Å². The molecule has 1 rings (SSSR count). The third kappa shape index (κ3) is 5.07. The van der Waals surface area contributed by atoms with Crippen LogP contribution in [0.3, 0.4) is 0 Å². The smallest absolute Gasteiger partial charge is 0.119 e. The van der Waals surface area contributed by atoms with Crippen LogP contribution in [-0.2, 0) is 0 Å². The molecule has 0 aliphatic rings. The van der Waals surface area contributed by atoms with Crippen LogP contribution in [0.1, 0.15) is 27.7 Å². The molecule has 0 saturated heterocycles. The van der Waals surface area contributed by atoms with Gasteiger partial charge in [0.25, 0.3) is 0 Å². The molecular weight excluding hydrogens is 226 g/mol. The van der Waals surface area contributed by atoms with Crippen LogP contribution in [0.15, 0.2) is 30.3 Å². The Morgan fingerprint density at radius 1 is 1.06 bits per heavy atom. The molecule has 0 aliphatic carbocycles. The van der Waals surface area contributed by atoms with Gasteiger partial charge in [-0.05, 0) is 39.8 Å². The summed E-state index contributed by atoms with van der Waals surface area (Å²) in [5.41, 5.74) is 0. The average molecular weight is 251 g/mol. The molecule has 0 bridgehead atoms. The predicted molar refractivity (Wildman–Crippen MR) is 74.9 cm³/mol. The van der Waals surface area contributed by atoms with Crippen molar-refractivity contribution in [2.75, 3.05) is 13.2 Å². The van der Waals surface area contributed by atoms with Crippen LogP contribution in [-0.4, -0.2) is 41.3 Å². The molecule has 1 aromatic rings. The second-order valence-corrected chi connectivity index (χ2v) is 5.16. The van der Waals surface area contributed by atoms with Crippen molar-refractivity contribution >= 4 is 0 Å². The summed E-state index contributed by atoms with van der Waals surface area (Å²) < 4.78 is 5.55. The molecule has 0 heterocycles. The Kier molecular flexibility index (Phi) is 6.16. The lowest BCUT2D eigenvalue weighted by atomic mass is 10.2. The van der Waals surface area contributed by atoms with E-state index in [1.807, 2.05) is 30.3 Å². The summed E-state index contributed by atoms with van der Waals surface area (Å²) in [5.74, 6) is 0.803. The minimum absolute atomic E-state index is 0.333. The first kappa shape index (κ1) is 15.0. The molecule has 0 saturated carbocycles. The molecular formula is C15H25NO2. The highest BCUT2D eigenvalue weighted by Gasteiger charge is 2.17. The average Bonchev–Trinajstić information content (AvgIpc) is 2.34. The zero-order valence-electron chi connectivity index (χ0n) is 11.8. The predicted octanol–water partition coefficient (Wildman–Crippen LogP) is 2.55. The van der Waals surface area contributed by atoms with Gasteiger partial charge in [0.05, 0.1) is 0 Å². The van der Waals surface area contributed by atoms with Crippen molar-refractivity contribution in [2.45, 2.75) is 45.9 Å². The monoisotopic (exact) mass is 251 g/mol. The van der Waals surface area contributed by atoms with Crippen molar-refractivity contribution in [3.8, 4) is 5.75 Å². The Morgan fingerprint density at radius 3 is 2.11 bits per heavy atom. The van der Waals surface area contributed by atoms with Gasteiger partial charge >= 0.3 is 0 Å². The maximum Gasteiger partial charge on any atom is 0.119 e. The molecule has 0 spiro atoms. The molecule has 1 atom stereocenters. The SMILES string of the molecule is CC(C)N(C[C@@H](O)COc1ccccc1)C(C)C. The Hall–Kier alpha value is -1.06. The van der Waals surface area contributed by atoms with Crippen molar-refractivity contribution in [1.29, 1.82) is 0 Å². The standard InChI is InChI=1S/C15H25NO2/c1-12(2)16(13(3)4)10-14(17)11-18-15-8-6-5-7-9-15/h5-9,12-14,17H,10-11H2,1-4H3/t14-/m1/s1. The van der Waals surface area contributed by atoms with Gasteiger partial charge < -0.3 is 9.84 Å². The molecule has 0 amide bonds. The molecule has 0 radical (unpaired) electrons. The highest BCUT2D eigenvalue weighted by atomic mass is 16.5. The van der Waals surface area contributed by atoms with E-state index in [0.29, 0.717) is 25.2 Å². The van der Waals surface area contributed by atoms with Crippen molar-refractivity contribution in [1.82, 2.24) is 4.90 Å². The fraction of sp³-hybridized carbons (Fsp3) is 0.600. The third-order valence-corrected chi connectivity index (χ3v) is 2.93. The van der Waals surface area contributed by atoms with Crippen LogP contribution in [0.25, 0.3) is 0 Å². The van der Waals surface area contributed by atoms with Crippen molar-refractivity contribution in [2.24, 2.45) is 0 Å². The minimum Gasteiger partial charge on any atom is -0.491 e. The Bertz CT molecular complexity index is 317. The van der Waals surface area contributed by atoms with Crippen LogP contribution in [0.2, 0.25) is 0 Å². The summed E-state index contributed by atoms with van der Waals surface area (Å²) in [6.07, 6.45) is -0.463. The lowest BCUT2D eigenvalue weighted by molar-refractivity contribution is 0.0445. The number of hydrogen-bond donors (Lipinski definition) is 1. The molecule has 18 heavy (non-hydrogen) atoms. The number of nitrogens with zero attached hydrogens (tertiary/aromatic N) is 1.